The third-order valence-corrected chi connectivity index (χ3v) is 5.75. The summed E-state index contributed by atoms with van der Waals surface area (Å²) in [7, 11) is -0.104. The third kappa shape index (κ3) is 4.20. The van der Waals surface area contributed by atoms with Crippen molar-refractivity contribution in [3.05, 3.63) is 18.3 Å². The summed E-state index contributed by atoms with van der Waals surface area (Å²) in [4.78, 5) is 17.6. The van der Waals surface area contributed by atoms with E-state index in [1.807, 2.05) is 0 Å². The number of rotatable bonds is 5. The van der Waals surface area contributed by atoms with Crippen LogP contribution in [0.1, 0.15) is 26.2 Å². The number of carbonyl (C=O) groups is 1. The van der Waals surface area contributed by atoms with Crippen molar-refractivity contribution in [3.63, 3.8) is 0 Å². The summed E-state index contributed by atoms with van der Waals surface area (Å²) in [6, 6.07) is 2.70. The summed E-state index contributed by atoms with van der Waals surface area (Å²) >= 11 is 0. The number of amides is 1. The highest BCUT2D eigenvalue weighted by Gasteiger charge is 2.26. The fourth-order valence-electron chi connectivity index (χ4n) is 2.54. The minimum absolute atomic E-state index is 0.0724. The van der Waals surface area contributed by atoms with E-state index in [0.717, 1.165) is 19.3 Å². The summed E-state index contributed by atoms with van der Waals surface area (Å²) in [5.41, 5.74) is 0. The van der Waals surface area contributed by atoms with Gasteiger partial charge in [-0.1, -0.05) is 6.42 Å². The first kappa shape index (κ1) is 17.7. The van der Waals surface area contributed by atoms with E-state index < -0.39 is 16.1 Å². The highest BCUT2D eigenvalue weighted by molar-refractivity contribution is 7.89. The molecule has 0 unspecified atom stereocenters. The zero-order valence-corrected chi connectivity index (χ0v) is 14.6. The van der Waals surface area contributed by atoms with Crippen LogP contribution in [0.5, 0.6) is 0 Å². The van der Waals surface area contributed by atoms with Crippen molar-refractivity contribution < 1.29 is 13.2 Å². The first-order chi connectivity index (χ1) is 10.8. The molecule has 1 saturated heterocycles. The zero-order chi connectivity index (χ0) is 17.0. The van der Waals surface area contributed by atoms with Crippen LogP contribution in [0.25, 0.3) is 0 Å². The van der Waals surface area contributed by atoms with Crippen LogP contribution in [0.4, 0.5) is 5.82 Å². The van der Waals surface area contributed by atoms with E-state index in [1.165, 1.54) is 21.5 Å². The van der Waals surface area contributed by atoms with Gasteiger partial charge in [-0.05, 0) is 31.9 Å². The Morgan fingerprint density at radius 3 is 2.43 bits per heavy atom. The standard InChI is InChI=1S/C15H24N4O3S/c1-12(15(20)18(2)3)17-14-8-7-13(11-16-14)23(21,22)19-9-5-4-6-10-19/h7-8,11-12H,4-6,9-10H2,1-3H3,(H,16,17)/t12-/m0/s1. The number of anilines is 1. The molecule has 0 saturated carbocycles. The van der Waals surface area contributed by atoms with E-state index in [-0.39, 0.29) is 10.8 Å². The fourth-order valence-corrected chi connectivity index (χ4v) is 4.01. The van der Waals surface area contributed by atoms with Crippen molar-refractivity contribution in [2.45, 2.75) is 37.1 Å². The Morgan fingerprint density at radius 2 is 1.91 bits per heavy atom. The van der Waals surface area contributed by atoms with Crippen LogP contribution < -0.4 is 5.32 Å². The van der Waals surface area contributed by atoms with E-state index >= 15 is 0 Å². The molecule has 2 heterocycles. The smallest absolute Gasteiger partial charge is 0.244 e. The maximum atomic E-state index is 12.5. The topological polar surface area (TPSA) is 82.6 Å². The van der Waals surface area contributed by atoms with Crippen LogP contribution in [0, 0.1) is 0 Å². The number of nitrogens with one attached hydrogen (secondary N) is 1. The molecule has 1 N–H and O–H groups in total. The fraction of sp³-hybridized carbons (Fsp3) is 0.600. The Balaban J connectivity index is 2.08. The molecule has 8 heteroatoms. The first-order valence-corrected chi connectivity index (χ1v) is 9.20. The van der Waals surface area contributed by atoms with Crippen LogP contribution in [0.3, 0.4) is 0 Å². The quantitative estimate of drug-likeness (QED) is 0.869. The number of hydrogen-bond acceptors (Lipinski definition) is 5. The van der Waals surface area contributed by atoms with Gasteiger partial charge in [-0.25, -0.2) is 13.4 Å². The van der Waals surface area contributed by atoms with Crippen molar-refractivity contribution in [2.24, 2.45) is 0 Å². The molecule has 0 bridgehead atoms. The number of nitrogens with zero attached hydrogens (tertiary/aromatic N) is 3. The maximum Gasteiger partial charge on any atom is 0.244 e. The second kappa shape index (κ2) is 7.27. The van der Waals surface area contributed by atoms with Crippen LogP contribution in [-0.2, 0) is 14.8 Å². The lowest BCUT2D eigenvalue weighted by molar-refractivity contribution is -0.129. The second-order valence-corrected chi connectivity index (χ2v) is 7.88. The van der Waals surface area contributed by atoms with Gasteiger partial charge in [0.05, 0.1) is 0 Å². The Bertz CT molecular complexity index is 637. The van der Waals surface area contributed by atoms with Crippen molar-refractivity contribution in [1.82, 2.24) is 14.2 Å². The number of hydrogen-bond donors (Lipinski definition) is 1. The molecule has 1 atom stereocenters. The van der Waals surface area contributed by atoms with Gasteiger partial charge in [0, 0.05) is 33.4 Å². The van der Waals surface area contributed by atoms with Gasteiger partial charge in [-0.2, -0.15) is 4.31 Å². The summed E-state index contributed by atoms with van der Waals surface area (Å²) in [5, 5.41) is 2.97. The third-order valence-electron chi connectivity index (χ3n) is 3.86. The number of sulfonamides is 1. The van der Waals surface area contributed by atoms with Gasteiger partial charge in [0.15, 0.2) is 0 Å². The Hall–Kier alpha value is -1.67. The molecule has 1 aliphatic rings. The number of pyridine rings is 1. The number of aromatic nitrogens is 1. The molecule has 1 aromatic rings. The normalized spacial score (nSPS) is 17.5. The Morgan fingerprint density at radius 1 is 1.26 bits per heavy atom. The molecule has 1 aliphatic heterocycles. The van der Waals surface area contributed by atoms with Crippen LogP contribution >= 0.6 is 0 Å². The molecule has 1 aromatic heterocycles. The predicted molar refractivity (Wildman–Crippen MR) is 88.6 cm³/mol. The monoisotopic (exact) mass is 340 g/mol. The molecule has 1 amide bonds. The lowest BCUT2D eigenvalue weighted by Crippen LogP contribution is -2.37. The van der Waals surface area contributed by atoms with Gasteiger partial charge >= 0.3 is 0 Å². The largest absolute Gasteiger partial charge is 0.359 e. The Labute approximate surface area is 137 Å². The van der Waals surface area contributed by atoms with E-state index in [1.54, 1.807) is 27.1 Å². The van der Waals surface area contributed by atoms with Crippen LogP contribution in [0.2, 0.25) is 0 Å². The second-order valence-electron chi connectivity index (χ2n) is 5.94. The number of piperidine rings is 1. The predicted octanol–water partition coefficient (Wildman–Crippen LogP) is 1.14. The molecule has 0 radical (unpaired) electrons. The molecule has 2 rings (SSSR count). The van der Waals surface area contributed by atoms with Crippen molar-refractivity contribution in [2.75, 3.05) is 32.5 Å². The molecule has 0 aliphatic carbocycles. The SMILES string of the molecule is C[C@H](Nc1ccc(S(=O)(=O)N2CCCCC2)cn1)C(=O)N(C)C. The van der Waals surface area contributed by atoms with Crippen molar-refractivity contribution >= 4 is 21.7 Å². The molecule has 128 valence electrons. The Kier molecular flexibility index (Phi) is 5.59. The first-order valence-electron chi connectivity index (χ1n) is 7.76. The highest BCUT2D eigenvalue weighted by Crippen LogP contribution is 2.20. The van der Waals surface area contributed by atoms with Crippen molar-refractivity contribution in [3.8, 4) is 0 Å². The van der Waals surface area contributed by atoms with E-state index in [0.29, 0.717) is 18.9 Å². The zero-order valence-electron chi connectivity index (χ0n) is 13.8. The van der Waals surface area contributed by atoms with Gasteiger partial charge in [-0.15, -0.1) is 0 Å². The molecule has 1 fully saturated rings. The molecule has 23 heavy (non-hydrogen) atoms. The number of carbonyl (C=O) groups excluding carboxylic acids is 1. The minimum atomic E-state index is -3.47. The van der Waals surface area contributed by atoms with Gasteiger partial charge in [0.1, 0.15) is 16.8 Å². The molecular weight excluding hydrogens is 316 g/mol. The lowest BCUT2D eigenvalue weighted by atomic mass is 10.2. The average molecular weight is 340 g/mol. The van der Waals surface area contributed by atoms with Crippen LogP contribution in [-0.4, -0.2) is 61.7 Å². The summed E-state index contributed by atoms with van der Waals surface area (Å²) in [5.74, 6) is 0.405. The summed E-state index contributed by atoms with van der Waals surface area (Å²) < 4.78 is 26.6. The van der Waals surface area contributed by atoms with Crippen LogP contribution in [0.15, 0.2) is 23.2 Å². The molecular formula is C15H24N4O3S. The molecule has 0 aromatic carbocycles. The minimum Gasteiger partial charge on any atom is -0.359 e. The van der Waals surface area contributed by atoms with Gasteiger partial charge in [0.25, 0.3) is 0 Å². The lowest BCUT2D eigenvalue weighted by Gasteiger charge is -2.25. The summed E-state index contributed by atoms with van der Waals surface area (Å²) in [6.45, 7) is 2.87. The van der Waals surface area contributed by atoms with E-state index in [9.17, 15) is 13.2 Å². The van der Waals surface area contributed by atoms with Gasteiger partial charge in [-0.3, -0.25) is 4.79 Å². The summed E-state index contributed by atoms with van der Waals surface area (Å²) in [6.07, 6.45) is 4.22. The molecule has 7 nitrogen and oxygen atoms in total. The van der Waals surface area contributed by atoms with Crippen molar-refractivity contribution in [1.29, 1.82) is 0 Å². The molecule has 0 spiro atoms. The van der Waals surface area contributed by atoms with Gasteiger partial charge < -0.3 is 10.2 Å². The number of likely N-dealkylation sites (N-methyl/N-ethyl adjacent to an activating group) is 1. The average Bonchev–Trinajstić information content (AvgIpc) is 2.55. The maximum absolute atomic E-state index is 12.5. The van der Waals surface area contributed by atoms with E-state index in [2.05, 4.69) is 10.3 Å². The highest BCUT2D eigenvalue weighted by atomic mass is 32.2. The van der Waals surface area contributed by atoms with Gasteiger partial charge in [0.2, 0.25) is 15.9 Å². The van der Waals surface area contributed by atoms with E-state index in [4.69, 9.17) is 0 Å².